The molecule has 0 spiro atoms. The Labute approximate surface area is 260 Å². The number of likely N-dealkylation sites (N-methyl/N-ethyl adjacent to an activating group) is 1. The molecule has 0 bridgehead atoms. The van der Waals surface area contributed by atoms with Gasteiger partial charge >= 0.3 is 0 Å². The van der Waals surface area contributed by atoms with Crippen LogP contribution in [0, 0.1) is 5.92 Å². The first-order valence-corrected chi connectivity index (χ1v) is 16.5. The second-order valence-corrected chi connectivity index (χ2v) is 12.9. The number of nitrogens with one attached hydrogen (secondary N) is 2. The second kappa shape index (κ2) is 18.0. The van der Waals surface area contributed by atoms with Crippen molar-refractivity contribution >= 4 is 16.9 Å². The van der Waals surface area contributed by atoms with E-state index in [1.807, 2.05) is 47.8 Å². The molecule has 8 heteroatoms. The van der Waals surface area contributed by atoms with Crippen molar-refractivity contribution < 1.29 is 19.2 Å². The minimum absolute atomic E-state index is 0.0232. The number of carbonyl (C=O) groups excluding carboxylic acids is 1. The van der Waals surface area contributed by atoms with E-state index in [4.69, 9.17) is 0 Å². The van der Waals surface area contributed by atoms with Crippen molar-refractivity contribution in [1.82, 2.24) is 14.9 Å². The van der Waals surface area contributed by atoms with Gasteiger partial charge in [-0.05, 0) is 67.5 Å². The van der Waals surface area contributed by atoms with Gasteiger partial charge in [0.25, 0.3) is 0 Å². The Kier molecular flexibility index (Phi) is 14.5. The van der Waals surface area contributed by atoms with Crippen LogP contribution in [0.3, 0.4) is 0 Å². The molecule has 0 fully saturated rings. The number of rotatable bonds is 18. The highest BCUT2D eigenvalue weighted by Gasteiger charge is 2.31. The predicted molar refractivity (Wildman–Crippen MR) is 175 cm³/mol. The summed E-state index contributed by atoms with van der Waals surface area (Å²) in [6.07, 6.45) is 2.96. The van der Waals surface area contributed by atoms with Crippen LogP contribution in [0.15, 0.2) is 89.8 Å². The summed E-state index contributed by atoms with van der Waals surface area (Å²) in [5.41, 5.74) is 2.92. The van der Waals surface area contributed by atoms with Crippen molar-refractivity contribution in [2.75, 3.05) is 20.2 Å². The van der Waals surface area contributed by atoms with Gasteiger partial charge in [0.15, 0.2) is 0 Å². The number of hydrogen-bond acceptors (Lipinski definition) is 5. The van der Waals surface area contributed by atoms with Crippen molar-refractivity contribution in [3.8, 4) is 0 Å². The van der Waals surface area contributed by atoms with E-state index in [2.05, 4.69) is 55.7 Å². The van der Waals surface area contributed by atoms with E-state index in [1.54, 1.807) is 24.3 Å². The Morgan fingerprint density at radius 3 is 1.93 bits per heavy atom. The molecule has 3 rings (SSSR count). The van der Waals surface area contributed by atoms with Crippen molar-refractivity contribution in [2.24, 2.45) is 5.92 Å². The lowest BCUT2D eigenvalue weighted by Gasteiger charge is -2.31. The molecule has 0 aliphatic rings. The number of aliphatic hydroxyl groups is 2. The molecule has 0 aliphatic carbocycles. The van der Waals surface area contributed by atoms with Crippen LogP contribution in [0.5, 0.6) is 0 Å². The van der Waals surface area contributed by atoms with Gasteiger partial charge in [0, 0.05) is 24.5 Å². The minimum atomic E-state index is -1.44. The van der Waals surface area contributed by atoms with Crippen molar-refractivity contribution in [3.05, 3.63) is 102 Å². The molecule has 234 valence electrons. The summed E-state index contributed by atoms with van der Waals surface area (Å²) < 4.78 is 15.5. The van der Waals surface area contributed by atoms with Crippen LogP contribution in [0.4, 0.5) is 0 Å². The van der Waals surface area contributed by atoms with Gasteiger partial charge in [-0.15, -0.1) is 0 Å². The highest BCUT2D eigenvalue weighted by atomic mass is 32.2. The predicted octanol–water partition coefficient (Wildman–Crippen LogP) is 5.01. The zero-order valence-corrected chi connectivity index (χ0v) is 26.8. The van der Waals surface area contributed by atoms with E-state index in [0.29, 0.717) is 17.9 Å². The van der Waals surface area contributed by atoms with Gasteiger partial charge in [0.05, 0.1) is 24.2 Å². The molecule has 4 unspecified atom stereocenters. The minimum Gasteiger partial charge on any atom is -0.395 e. The SMILES string of the molecule is CCC(CCCC(CO)N(CC(C)C)S(=O)c1ccc(CO)cc1)NC(=O)C(NC)C(c1ccccc1)c1ccccc1. The van der Waals surface area contributed by atoms with E-state index in [0.717, 1.165) is 36.0 Å². The molecule has 0 aromatic heterocycles. The number of hydrogen-bond donors (Lipinski definition) is 4. The second-order valence-electron chi connectivity index (χ2n) is 11.5. The first-order chi connectivity index (χ1) is 20.8. The van der Waals surface area contributed by atoms with E-state index >= 15 is 0 Å². The third-order valence-corrected chi connectivity index (χ3v) is 9.41. The maximum absolute atomic E-state index is 13.7. The molecular formula is C35H49N3O4S. The molecule has 0 radical (unpaired) electrons. The Hall–Kier alpha value is -2.88. The van der Waals surface area contributed by atoms with E-state index < -0.39 is 17.0 Å². The maximum Gasteiger partial charge on any atom is 0.238 e. The van der Waals surface area contributed by atoms with Crippen molar-refractivity contribution in [3.63, 3.8) is 0 Å². The normalized spacial score (nSPS) is 14.5. The lowest BCUT2D eigenvalue weighted by atomic mass is 9.84. The topological polar surface area (TPSA) is 102 Å². The quantitative estimate of drug-likeness (QED) is 0.163. The summed E-state index contributed by atoms with van der Waals surface area (Å²) in [6.45, 7) is 6.64. The molecule has 3 aromatic carbocycles. The first kappa shape index (κ1) is 34.6. The van der Waals surface area contributed by atoms with Gasteiger partial charge in [-0.25, -0.2) is 8.51 Å². The standard InChI is InChI=1S/C35H49N3O4S/c1-5-30(37-35(41)34(36-4)33(28-13-8-6-9-14-28)29-15-10-7-11-16-29)17-12-18-31(25-40)38(23-26(2)3)43(42)32-21-19-27(24-39)20-22-32/h6-11,13-16,19-22,26,30-31,33-34,36,39-40H,5,12,17-18,23-25H2,1-4H3,(H,37,41). The van der Waals surface area contributed by atoms with E-state index in [-0.39, 0.29) is 43.0 Å². The number of carbonyl (C=O) groups is 1. The van der Waals surface area contributed by atoms with Gasteiger partial charge in [-0.2, -0.15) is 0 Å². The Bertz CT molecular complexity index is 1200. The van der Waals surface area contributed by atoms with Gasteiger partial charge in [-0.1, -0.05) is 93.6 Å². The Morgan fingerprint density at radius 2 is 1.47 bits per heavy atom. The van der Waals surface area contributed by atoms with Crippen LogP contribution in [0.2, 0.25) is 0 Å². The van der Waals surface area contributed by atoms with Crippen LogP contribution < -0.4 is 10.6 Å². The van der Waals surface area contributed by atoms with Crippen LogP contribution in [-0.4, -0.2) is 63.0 Å². The van der Waals surface area contributed by atoms with Crippen LogP contribution in [-0.2, 0) is 22.4 Å². The molecule has 1 amide bonds. The lowest BCUT2D eigenvalue weighted by molar-refractivity contribution is -0.124. The fraction of sp³-hybridized carbons (Fsp3) is 0.457. The lowest BCUT2D eigenvalue weighted by Crippen LogP contribution is -2.49. The average molecular weight is 608 g/mol. The van der Waals surface area contributed by atoms with Crippen molar-refractivity contribution in [2.45, 2.75) is 82.0 Å². The highest BCUT2D eigenvalue weighted by molar-refractivity contribution is 7.82. The zero-order chi connectivity index (χ0) is 31.2. The molecule has 0 saturated carbocycles. The molecule has 0 saturated heterocycles. The molecular weight excluding hydrogens is 558 g/mol. The van der Waals surface area contributed by atoms with Crippen LogP contribution in [0.1, 0.15) is 69.1 Å². The van der Waals surface area contributed by atoms with Crippen LogP contribution in [0.25, 0.3) is 0 Å². The third-order valence-electron chi connectivity index (χ3n) is 7.86. The maximum atomic E-state index is 13.7. The van der Waals surface area contributed by atoms with Gasteiger partial charge in [-0.3, -0.25) is 4.79 Å². The number of aliphatic hydroxyl groups excluding tert-OH is 2. The summed E-state index contributed by atoms with van der Waals surface area (Å²) in [6, 6.07) is 26.6. The fourth-order valence-electron chi connectivity index (χ4n) is 5.50. The summed E-state index contributed by atoms with van der Waals surface area (Å²) >= 11 is 0. The Balaban J connectivity index is 1.68. The van der Waals surface area contributed by atoms with Gasteiger partial charge < -0.3 is 20.8 Å². The van der Waals surface area contributed by atoms with E-state index in [9.17, 15) is 19.2 Å². The fourth-order valence-corrected chi connectivity index (χ4v) is 7.02. The molecule has 7 nitrogen and oxygen atoms in total. The van der Waals surface area contributed by atoms with Crippen LogP contribution >= 0.6 is 0 Å². The van der Waals surface area contributed by atoms with Gasteiger partial charge in [0.2, 0.25) is 5.91 Å². The highest BCUT2D eigenvalue weighted by Crippen LogP contribution is 2.28. The molecule has 0 heterocycles. The summed E-state index contributed by atoms with van der Waals surface area (Å²) in [5, 5.41) is 26.3. The number of nitrogens with zero attached hydrogens (tertiary/aromatic N) is 1. The smallest absolute Gasteiger partial charge is 0.238 e. The molecule has 3 aromatic rings. The average Bonchev–Trinajstić information content (AvgIpc) is 3.04. The molecule has 4 atom stereocenters. The number of benzene rings is 3. The van der Waals surface area contributed by atoms with Gasteiger partial charge in [0.1, 0.15) is 11.0 Å². The summed E-state index contributed by atoms with van der Waals surface area (Å²) in [7, 11) is 0.387. The summed E-state index contributed by atoms with van der Waals surface area (Å²) in [5.74, 6) is 0.0763. The Morgan fingerprint density at radius 1 is 0.884 bits per heavy atom. The van der Waals surface area contributed by atoms with Crippen molar-refractivity contribution in [1.29, 1.82) is 0 Å². The molecule has 0 aliphatic heterocycles. The first-order valence-electron chi connectivity index (χ1n) is 15.4. The molecule has 4 N–H and O–H groups in total. The zero-order valence-electron chi connectivity index (χ0n) is 26.0. The number of amides is 1. The third kappa shape index (κ3) is 10.1. The molecule has 43 heavy (non-hydrogen) atoms. The monoisotopic (exact) mass is 607 g/mol. The van der Waals surface area contributed by atoms with E-state index in [1.165, 1.54) is 0 Å². The largest absolute Gasteiger partial charge is 0.395 e. The summed E-state index contributed by atoms with van der Waals surface area (Å²) in [4.78, 5) is 14.4.